The fraction of sp³-hybridized carbons (Fsp3) is 0.630. The largest absolute Gasteiger partial charge is 0.350 e. The van der Waals surface area contributed by atoms with Gasteiger partial charge in [0.2, 0.25) is 5.91 Å². The third-order valence-electron chi connectivity index (χ3n) is 6.56. The van der Waals surface area contributed by atoms with Crippen LogP contribution >= 0.6 is 0 Å². The van der Waals surface area contributed by atoms with Crippen LogP contribution in [0, 0.1) is 5.92 Å². The number of hydroxylamine groups is 1. The number of amides is 5. The highest BCUT2D eigenvalue weighted by atomic mass is 16.8. The summed E-state index contributed by atoms with van der Waals surface area (Å²) in [6.45, 7) is 7.64. The van der Waals surface area contributed by atoms with Crippen LogP contribution in [0.1, 0.15) is 78.2 Å². The van der Waals surface area contributed by atoms with Crippen molar-refractivity contribution < 1.29 is 28.8 Å². The first kappa shape index (κ1) is 28.6. The first-order valence-electron chi connectivity index (χ1n) is 13.2. The number of ether oxygens (including phenoxy) is 1. The van der Waals surface area contributed by atoms with Crippen LogP contribution in [0.25, 0.3) is 0 Å². The predicted octanol–water partition coefficient (Wildman–Crippen LogP) is 3.46. The van der Waals surface area contributed by atoms with Gasteiger partial charge in [-0.1, -0.05) is 44.2 Å². The Balaban J connectivity index is 1.86. The van der Waals surface area contributed by atoms with Crippen molar-refractivity contribution in [1.29, 1.82) is 0 Å². The Kier molecular flexibility index (Phi) is 10.0. The average Bonchev–Trinajstić information content (AvgIpc) is 3.08. The van der Waals surface area contributed by atoms with Gasteiger partial charge in [0.05, 0.1) is 0 Å². The van der Waals surface area contributed by atoms with Crippen molar-refractivity contribution in [1.82, 2.24) is 20.8 Å². The van der Waals surface area contributed by atoms with Crippen molar-refractivity contribution in [3.63, 3.8) is 0 Å². The van der Waals surface area contributed by atoms with Crippen molar-refractivity contribution in [3.05, 3.63) is 35.9 Å². The SMILES string of the molecule is CC(C)CCC(=O)N([C@@H](CCCc1ccccc1)C(=O)NO[C@@H]1CCCCO1)N1C(=O)NC(C)(C)C1=O. The van der Waals surface area contributed by atoms with Gasteiger partial charge < -0.3 is 10.1 Å². The number of hydrazine groups is 1. The second kappa shape index (κ2) is 13.0. The maximum absolute atomic E-state index is 13.5. The van der Waals surface area contributed by atoms with E-state index in [1.165, 1.54) is 0 Å². The molecule has 0 aliphatic carbocycles. The molecule has 1 aromatic carbocycles. The summed E-state index contributed by atoms with van der Waals surface area (Å²) in [4.78, 5) is 58.7. The Labute approximate surface area is 219 Å². The lowest BCUT2D eigenvalue weighted by molar-refractivity contribution is -0.205. The number of benzene rings is 1. The van der Waals surface area contributed by atoms with Crippen LogP contribution in [-0.2, 0) is 30.4 Å². The molecule has 0 saturated carbocycles. The molecule has 3 rings (SSSR count). The van der Waals surface area contributed by atoms with Gasteiger partial charge in [-0.15, -0.1) is 0 Å². The molecule has 2 N–H and O–H groups in total. The summed E-state index contributed by atoms with van der Waals surface area (Å²) < 4.78 is 5.53. The molecule has 0 bridgehead atoms. The third kappa shape index (κ3) is 7.75. The molecule has 10 nitrogen and oxygen atoms in total. The monoisotopic (exact) mass is 516 g/mol. The van der Waals surface area contributed by atoms with Gasteiger partial charge in [-0.25, -0.2) is 20.1 Å². The summed E-state index contributed by atoms with van der Waals surface area (Å²) in [5.41, 5.74) is 2.33. The molecule has 0 aromatic heterocycles. The Morgan fingerprint density at radius 3 is 2.51 bits per heavy atom. The van der Waals surface area contributed by atoms with Crippen molar-refractivity contribution in [2.24, 2.45) is 5.92 Å². The van der Waals surface area contributed by atoms with Crippen LogP contribution in [0.3, 0.4) is 0 Å². The smallest absolute Gasteiger partial charge is 0.344 e. The number of nitrogens with one attached hydrogen (secondary N) is 2. The van der Waals surface area contributed by atoms with Crippen molar-refractivity contribution in [2.75, 3.05) is 6.61 Å². The van der Waals surface area contributed by atoms with E-state index in [0.29, 0.717) is 32.3 Å². The van der Waals surface area contributed by atoms with Crippen molar-refractivity contribution in [2.45, 2.75) is 96.9 Å². The van der Waals surface area contributed by atoms with E-state index in [0.717, 1.165) is 28.4 Å². The molecule has 37 heavy (non-hydrogen) atoms. The summed E-state index contributed by atoms with van der Waals surface area (Å²) >= 11 is 0. The molecule has 2 fully saturated rings. The molecule has 204 valence electrons. The minimum absolute atomic E-state index is 0.0875. The predicted molar refractivity (Wildman–Crippen MR) is 136 cm³/mol. The Morgan fingerprint density at radius 1 is 1.19 bits per heavy atom. The Hall–Kier alpha value is -2.98. The van der Waals surface area contributed by atoms with Gasteiger partial charge in [0.1, 0.15) is 11.6 Å². The zero-order valence-corrected chi connectivity index (χ0v) is 22.3. The van der Waals surface area contributed by atoms with Gasteiger partial charge in [-0.2, -0.15) is 5.01 Å². The number of hydrogen-bond donors (Lipinski definition) is 2. The highest BCUT2D eigenvalue weighted by Gasteiger charge is 2.51. The number of imide groups is 1. The second-order valence-electron chi connectivity index (χ2n) is 10.6. The number of hydrogen-bond acceptors (Lipinski definition) is 6. The number of aryl methyl sites for hydroxylation is 1. The summed E-state index contributed by atoms with van der Waals surface area (Å²) in [5.74, 6) is -1.44. The summed E-state index contributed by atoms with van der Waals surface area (Å²) in [7, 11) is 0. The molecule has 1 aromatic rings. The van der Waals surface area contributed by atoms with E-state index in [1.807, 2.05) is 44.2 Å². The van der Waals surface area contributed by atoms with E-state index in [2.05, 4.69) is 10.8 Å². The lowest BCUT2D eigenvalue weighted by Crippen LogP contribution is -2.60. The highest BCUT2D eigenvalue weighted by molar-refractivity contribution is 6.08. The molecule has 0 unspecified atom stereocenters. The van der Waals surface area contributed by atoms with Gasteiger partial charge >= 0.3 is 6.03 Å². The van der Waals surface area contributed by atoms with Crippen LogP contribution in [-0.4, -0.2) is 58.2 Å². The Morgan fingerprint density at radius 2 is 1.92 bits per heavy atom. The van der Waals surface area contributed by atoms with Crippen molar-refractivity contribution >= 4 is 23.8 Å². The number of nitrogens with zero attached hydrogens (tertiary/aromatic N) is 2. The minimum Gasteiger partial charge on any atom is -0.350 e. The zero-order valence-electron chi connectivity index (χ0n) is 22.3. The van der Waals surface area contributed by atoms with Crippen LogP contribution in [0.15, 0.2) is 30.3 Å². The van der Waals surface area contributed by atoms with Gasteiger partial charge in [0.15, 0.2) is 6.29 Å². The molecule has 2 saturated heterocycles. The van der Waals surface area contributed by atoms with Crippen LogP contribution in [0.5, 0.6) is 0 Å². The fourth-order valence-electron chi connectivity index (χ4n) is 4.38. The van der Waals surface area contributed by atoms with E-state index in [1.54, 1.807) is 13.8 Å². The summed E-state index contributed by atoms with van der Waals surface area (Å²) in [6, 6.07) is 7.93. The molecule has 10 heteroatoms. The third-order valence-corrected chi connectivity index (χ3v) is 6.56. The van der Waals surface area contributed by atoms with Gasteiger partial charge in [0.25, 0.3) is 11.8 Å². The number of rotatable bonds is 12. The minimum atomic E-state index is -1.20. The second-order valence-corrected chi connectivity index (χ2v) is 10.6. The lowest BCUT2D eigenvalue weighted by Gasteiger charge is -2.36. The standard InChI is InChI=1S/C27H40N4O6/c1-19(2)16-17-22(32)30(31-25(34)27(3,4)28-26(31)35)21(14-10-13-20-11-6-5-7-12-20)24(33)29-37-23-15-8-9-18-36-23/h5-7,11-12,19,21,23H,8-10,13-18H2,1-4H3,(H,28,35)(H,29,33)/t21-,23+/m0/s1. The molecule has 0 radical (unpaired) electrons. The molecular formula is C27H40N4O6. The maximum Gasteiger partial charge on any atom is 0.344 e. The van der Waals surface area contributed by atoms with Crippen molar-refractivity contribution in [3.8, 4) is 0 Å². The molecule has 0 spiro atoms. The van der Waals surface area contributed by atoms with Crippen LogP contribution in [0.2, 0.25) is 0 Å². The van der Waals surface area contributed by atoms with E-state index in [4.69, 9.17) is 9.57 Å². The lowest BCUT2D eigenvalue weighted by atomic mass is 10.0. The van der Waals surface area contributed by atoms with E-state index in [-0.39, 0.29) is 18.8 Å². The molecule has 5 amide bonds. The molecule has 2 aliphatic rings. The fourth-order valence-corrected chi connectivity index (χ4v) is 4.38. The molecule has 2 aliphatic heterocycles. The van der Waals surface area contributed by atoms with Gasteiger partial charge in [-0.3, -0.25) is 14.4 Å². The number of carbonyl (C=O) groups is 4. The normalized spacial score (nSPS) is 20.0. The maximum atomic E-state index is 13.5. The molecule has 2 atom stereocenters. The van der Waals surface area contributed by atoms with Gasteiger partial charge in [0, 0.05) is 19.4 Å². The van der Waals surface area contributed by atoms with E-state index >= 15 is 0 Å². The first-order chi connectivity index (χ1) is 17.6. The molecular weight excluding hydrogens is 476 g/mol. The average molecular weight is 517 g/mol. The first-order valence-corrected chi connectivity index (χ1v) is 13.2. The van der Waals surface area contributed by atoms with Crippen LogP contribution < -0.4 is 10.8 Å². The summed E-state index contributed by atoms with van der Waals surface area (Å²) in [6.07, 6.45) is 3.96. The quantitative estimate of drug-likeness (QED) is 0.325. The highest BCUT2D eigenvalue weighted by Crippen LogP contribution is 2.25. The Bertz CT molecular complexity index is 945. The molecule has 2 heterocycles. The number of urea groups is 1. The van der Waals surface area contributed by atoms with Crippen LogP contribution in [0.4, 0.5) is 4.79 Å². The topological polar surface area (TPSA) is 117 Å². The summed E-state index contributed by atoms with van der Waals surface area (Å²) in [5, 5.41) is 4.45. The number of carbonyl (C=O) groups excluding carboxylic acids is 4. The van der Waals surface area contributed by atoms with E-state index in [9.17, 15) is 19.2 Å². The zero-order chi connectivity index (χ0) is 27.0. The van der Waals surface area contributed by atoms with E-state index < -0.39 is 41.6 Å². The van der Waals surface area contributed by atoms with Gasteiger partial charge in [-0.05, 0) is 63.9 Å².